The minimum atomic E-state index is -0.499. The number of ether oxygens (including phenoxy) is 3. The number of rotatable bonds is 8. The lowest BCUT2D eigenvalue weighted by molar-refractivity contribution is -0.142. The summed E-state index contributed by atoms with van der Waals surface area (Å²) in [4.78, 5) is 37.1. The number of carbonyl (C=O) groups excluding carboxylic acids is 3. The zero-order valence-electron chi connectivity index (χ0n) is 14.9. The van der Waals surface area contributed by atoms with Crippen molar-refractivity contribution in [3.63, 3.8) is 0 Å². The van der Waals surface area contributed by atoms with Gasteiger partial charge in [0.2, 0.25) is 0 Å². The van der Waals surface area contributed by atoms with E-state index in [-0.39, 0.29) is 17.8 Å². The number of benzene rings is 1. The fraction of sp³-hybridized carbons (Fsp3) is 0.389. The van der Waals surface area contributed by atoms with E-state index in [1.807, 2.05) is 13.8 Å². The molecule has 7 nitrogen and oxygen atoms in total. The van der Waals surface area contributed by atoms with E-state index in [0.29, 0.717) is 41.5 Å². The first-order valence-corrected chi connectivity index (χ1v) is 9.03. The fourth-order valence-electron chi connectivity index (χ4n) is 2.27. The maximum Gasteiger partial charge on any atom is 0.343 e. The second-order valence-corrected chi connectivity index (χ2v) is 6.33. The zero-order chi connectivity index (χ0) is 19.1. The normalized spacial score (nSPS) is 15.5. The SMILES string of the molecule is CCCN1C(=O)S/C(=C/c2ccc(OCC(=O)OC)c(OCC)c2)C1=O. The molecule has 0 atom stereocenters. The number of methoxy groups -OCH3 is 1. The van der Waals surface area contributed by atoms with Gasteiger partial charge in [-0.05, 0) is 48.9 Å². The van der Waals surface area contributed by atoms with E-state index in [1.165, 1.54) is 12.0 Å². The summed E-state index contributed by atoms with van der Waals surface area (Å²) in [7, 11) is 1.28. The van der Waals surface area contributed by atoms with Crippen LogP contribution in [0.15, 0.2) is 23.1 Å². The van der Waals surface area contributed by atoms with E-state index < -0.39 is 5.97 Å². The molecule has 0 N–H and O–H groups in total. The molecule has 0 bridgehead atoms. The van der Waals surface area contributed by atoms with Crippen LogP contribution in [-0.4, -0.2) is 48.9 Å². The van der Waals surface area contributed by atoms with Crippen molar-refractivity contribution in [3.05, 3.63) is 28.7 Å². The summed E-state index contributed by atoms with van der Waals surface area (Å²) in [6, 6.07) is 5.07. The quantitative estimate of drug-likeness (QED) is 0.507. The number of amides is 2. The molecule has 26 heavy (non-hydrogen) atoms. The van der Waals surface area contributed by atoms with Crippen molar-refractivity contribution >= 4 is 35.0 Å². The number of hydrogen-bond donors (Lipinski definition) is 0. The molecule has 0 aliphatic carbocycles. The van der Waals surface area contributed by atoms with Crippen LogP contribution in [0.1, 0.15) is 25.8 Å². The molecule has 0 spiro atoms. The van der Waals surface area contributed by atoms with Gasteiger partial charge >= 0.3 is 5.97 Å². The molecule has 1 saturated heterocycles. The largest absolute Gasteiger partial charge is 0.490 e. The van der Waals surface area contributed by atoms with Gasteiger partial charge in [-0.2, -0.15) is 0 Å². The standard InChI is InChI=1S/C18H21NO6S/c1-4-8-19-17(21)15(26-18(19)22)10-12-6-7-13(14(9-12)24-5-2)25-11-16(20)23-3/h6-7,9-10H,4-5,8,11H2,1-3H3/b15-10+. The third-order valence-corrected chi connectivity index (χ3v) is 4.37. The van der Waals surface area contributed by atoms with Gasteiger partial charge in [0.25, 0.3) is 11.1 Å². The van der Waals surface area contributed by atoms with Crippen LogP contribution in [-0.2, 0) is 14.3 Å². The third-order valence-electron chi connectivity index (χ3n) is 3.46. The molecular weight excluding hydrogens is 358 g/mol. The van der Waals surface area contributed by atoms with E-state index >= 15 is 0 Å². The predicted molar refractivity (Wildman–Crippen MR) is 98.1 cm³/mol. The van der Waals surface area contributed by atoms with Gasteiger partial charge in [0.15, 0.2) is 18.1 Å². The van der Waals surface area contributed by atoms with Crippen LogP contribution >= 0.6 is 11.8 Å². The molecule has 0 aromatic heterocycles. The fourth-order valence-corrected chi connectivity index (χ4v) is 3.13. The van der Waals surface area contributed by atoms with Gasteiger partial charge in [-0.15, -0.1) is 0 Å². The Morgan fingerprint density at radius 2 is 1.96 bits per heavy atom. The summed E-state index contributed by atoms with van der Waals surface area (Å²) in [6.07, 6.45) is 2.36. The minimum absolute atomic E-state index is 0.230. The Bertz CT molecular complexity index is 730. The molecule has 1 aliphatic heterocycles. The number of imide groups is 1. The lowest BCUT2D eigenvalue weighted by Gasteiger charge is -2.12. The number of hydrogen-bond acceptors (Lipinski definition) is 7. The molecule has 1 aromatic rings. The topological polar surface area (TPSA) is 82.1 Å². The highest BCUT2D eigenvalue weighted by Gasteiger charge is 2.34. The van der Waals surface area contributed by atoms with Gasteiger partial charge in [0, 0.05) is 6.54 Å². The third kappa shape index (κ3) is 4.78. The van der Waals surface area contributed by atoms with Crippen molar-refractivity contribution in [1.29, 1.82) is 0 Å². The zero-order valence-corrected chi connectivity index (χ0v) is 15.8. The average molecular weight is 379 g/mol. The monoisotopic (exact) mass is 379 g/mol. The van der Waals surface area contributed by atoms with E-state index in [9.17, 15) is 14.4 Å². The van der Waals surface area contributed by atoms with Crippen LogP contribution in [0.5, 0.6) is 11.5 Å². The number of thioether (sulfide) groups is 1. The van der Waals surface area contributed by atoms with E-state index in [2.05, 4.69) is 4.74 Å². The Morgan fingerprint density at radius 1 is 1.19 bits per heavy atom. The molecular formula is C18H21NO6S. The summed E-state index contributed by atoms with van der Waals surface area (Å²) in [6.45, 7) is 4.32. The van der Waals surface area contributed by atoms with E-state index in [0.717, 1.165) is 11.8 Å². The molecule has 1 aliphatic rings. The highest BCUT2D eigenvalue weighted by Crippen LogP contribution is 2.34. The summed E-state index contributed by atoms with van der Waals surface area (Å²) in [5.74, 6) is 0.0541. The lowest BCUT2D eigenvalue weighted by Crippen LogP contribution is -2.28. The highest BCUT2D eigenvalue weighted by atomic mass is 32.2. The molecule has 140 valence electrons. The van der Waals surface area contributed by atoms with Crippen molar-refractivity contribution in [2.75, 3.05) is 26.9 Å². The Morgan fingerprint density at radius 3 is 2.62 bits per heavy atom. The summed E-state index contributed by atoms with van der Waals surface area (Å²) < 4.78 is 15.5. The maximum atomic E-state index is 12.3. The Hall–Kier alpha value is -2.48. The van der Waals surface area contributed by atoms with Gasteiger partial charge in [-0.3, -0.25) is 14.5 Å². The molecule has 0 radical (unpaired) electrons. The minimum Gasteiger partial charge on any atom is -0.490 e. The molecule has 2 amide bonds. The summed E-state index contributed by atoms with van der Waals surface area (Å²) >= 11 is 0.922. The lowest BCUT2D eigenvalue weighted by atomic mass is 10.2. The van der Waals surface area contributed by atoms with Crippen LogP contribution in [0.4, 0.5) is 4.79 Å². The van der Waals surface area contributed by atoms with Crippen molar-refractivity contribution < 1.29 is 28.6 Å². The van der Waals surface area contributed by atoms with Crippen LogP contribution in [0.3, 0.4) is 0 Å². The van der Waals surface area contributed by atoms with Gasteiger partial charge < -0.3 is 14.2 Å². The van der Waals surface area contributed by atoms with E-state index in [4.69, 9.17) is 9.47 Å². The van der Waals surface area contributed by atoms with Gasteiger partial charge in [-0.25, -0.2) is 4.79 Å². The van der Waals surface area contributed by atoms with Crippen LogP contribution in [0.2, 0.25) is 0 Å². The first-order valence-electron chi connectivity index (χ1n) is 8.22. The van der Waals surface area contributed by atoms with E-state index in [1.54, 1.807) is 24.3 Å². The molecule has 2 rings (SSSR count). The summed E-state index contributed by atoms with van der Waals surface area (Å²) in [5.41, 5.74) is 0.695. The maximum absolute atomic E-state index is 12.3. The molecule has 1 fully saturated rings. The van der Waals surface area contributed by atoms with Gasteiger partial charge in [0.1, 0.15) is 0 Å². The molecule has 0 saturated carbocycles. The highest BCUT2D eigenvalue weighted by molar-refractivity contribution is 8.18. The molecule has 1 aromatic carbocycles. The Balaban J connectivity index is 2.22. The van der Waals surface area contributed by atoms with Crippen LogP contribution in [0, 0.1) is 0 Å². The molecule has 1 heterocycles. The first kappa shape index (κ1) is 19.8. The Kier molecular flexibility index (Phi) is 7.08. The van der Waals surface area contributed by atoms with Gasteiger partial charge in [-0.1, -0.05) is 13.0 Å². The van der Waals surface area contributed by atoms with Crippen LogP contribution < -0.4 is 9.47 Å². The molecule has 0 unspecified atom stereocenters. The number of esters is 1. The number of nitrogens with zero attached hydrogens (tertiary/aromatic N) is 1. The Labute approximate surface area is 156 Å². The average Bonchev–Trinajstić information content (AvgIpc) is 2.89. The molecule has 8 heteroatoms. The predicted octanol–water partition coefficient (Wildman–Crippen LogP) is 3.08. The first-order chi connectivity index (χ1) is 12.5. The van der Waals surface area contributed by atoms with Crippen molar-refractivity contribution in [1.82, 2.24) is 4.90 Å². The second-order valence-electron chi connectivity index (χ2n) is 5.34. The number of carbonyl (C=O) groups is 3. The van der Waals surface area contributed by atoms with Crippen LogP contribution in [0.25, 0.3) is 6.08 Å². The second kappa shape index (κ2) is 9.28. The smallest absolute Gasteiger partial charge is 0.343 e. The van der Waals surface area contributed by atoms with Gasteiger partial charge in [0.05, 0.1) is 18.6 Å². The van der Waals surface area contributed by atoms with Crippen molar-refractivity contribution in [3.8, 4) is 11.5 Å². The summed E-state index contributed by atoms with van der Waals surface area (Å²) in [5, 5.41) is -0.258. The van der Waals surface area contributed by atoms with Crippen molar-refractivity contribution in [2.24, 2.45) is 0 Å². The van der Waals surface area contributed by atoms with Crippen molar-refractivity contribution in [2.45, 2.75) is 20.3 Å².